The van der Waals surface area contributed by atoms with Crippen molar-refractivity contribution in [3.63, 3.8) is 0 Å². The van der Waals surface area contributed by atoms with Gasteiger partial charge in [0.25, 0.3) is 0 Å². The van der Waals surface area contributed by atoms with Crippen molar-refractivity contribution >= 4 is 17.4 Å². The van der Waals surface area contributed by atoms with Crippen LogP contribution >= 0.6 is 11.8 Å². The molecule has 4 heteroatoms. The Kier molecular flexibility index (Phi) is 4.68. The maximum atomic E-state index is 13.3. The van der Waals surface area contributed by atoms with Crippen LogP contribution in [0.4, 0.5) is 10.1 Å². The molecule has 0 amide bonds. The third kappa shape index (κ3) is 3.89. The lowest BCUT2D eigenvalue weighted by atomic mass is 10.2. The van der Waals surface area contributed by atoms with Crippen LogP contribution in [0.3, 0.4) is 0 Å². The second-order valence-corrected chi connectivity index (χ2v) is 5.30. The Labute approximate surface area is 116 Å². The third-order valence-corrected chi connectivity index (χ3v) is 3.79. The smallest absolute Gasteiger partial charge is 0.147 e. The standard InChI is InChI=1S/C15H16FNOS/c1-18-12-4-2-11(3-5-12)8-9-19-13-6-7-15(17)14(16)10-13/h2-7,10H,8-9,17H2,1H3. The molecule has 0 unspecified atom stereocenters. The van der Waals surface area contributed by atoms with Crippen molar-refractivity contribution in [2.45, 2.75) is 11.3 Å². The average Bonchev–Trinajstić information content (AvgIpc) is 2.43. The third-order valence-electron chi connectivity index (χ3n) is 2.79. The Hall–Kier alpha value is -1.68. The monoisotopic (exact) mass is 277 g/mol. The van der Waals surface area contributed by atoms with Crippen molar-refractivity contribution in [2.75, 3.05) is 18.6 Å². The summed E-state index contributed by atoms with van der Waals surface area (Å²) in [5.74, 6) is 1.40. The zero-order valence-electron chi connectivity index (χ0n) is 10.7. The number of nitrogens with two attached hydrogens (primary N) is 1. The first-order valence-corrected chi connectivity index (χ1v) is 6.98. The number of aryl methyl sites for hydroxylation is 1. The molecule has 19 heavy (non-hydrogen) atoms. The van der Waals surface area contributed by atoms with Crippen LogP contribution in [0.25, 0.3) is 0 Å². The van der Waals surface area contributed by atoms with E-state index in [0.29, 0.717) is 0 Å². The molecule has 0 aliphatic rings. The van der Waals surface area contributed by atoms with Crippen LogP contribution in [0.5, 0.6) is 5.75 Å². The molecule has 0 heterocycles. The molecule has 0 radical (unpaired) electrons. The minimum absolute atomic E-state index is 0.194. The van der Waals surface area contributed by atoms with Gasteiger partial charge in [0.15, 0.2) is 0 Å². The van der Waals surface area contributed by atoms with E-state index in [1.54, 1.807) is 24.9 Å². The Morgan fingerprint density at radius 2 is 1.89 bits per heavy atom. The van der Waals surface area contributed by atoms with Gasteiger partial charge in [-0.15, -0.1) is 11.8 Å². The highest BCUT2D eigenvalue weighted by Gasteiger charge is 2.01. The van der Waals surface area contributed by atoms with Gasteiger partial charge in [-0.3, -0.25) is 0 Å². The molecular weight excluding hydrogens is 261 g/mol. The van der Waals surface area contributed by atoms with E-state index in [1.165, 1.54) is 11.6 Å². The van der Waals surface area contributed by atoms with Gasteiger partial charge < -0.3 is 10.5 Å². The first-order chi connectivity index (χ1) is 9.19. The fraction of sp³-hybridized carbons (Fsp3) is 0.200. The molecule has 0 saturated carbocycles. The van der Waals surface area contributed by atoms with Crippen molar-refractivity contribution in [3.05, 3.63) is 53.8 Å². The molecule has 2 rings (SSSR count). The second-order valence-electron chi connectivity index (χ2n) is 4.13. The highest BCUT2D eigenvalue weighted by molar-refractivity contribution is 7.99. The molecule has 2 aromatic carbocycles. The summed E-state index contributed by atoms with van der Waals surface area (Å²) < 4.78 is 18.4. The molecule has 0 atom stereocenters. The summed E-state index contributed by atoms with van der Waals surface area (Å²) in [6.07, 6.45) is 0.931. The predicted octanol–water partition coefficient (Wildman–Crippen LogP) is 3.75. The van der Waals surface area contributed by atoms with Crippen LogP contribution in [-0.2, 0) is 6.42 Å². The summed E-state index contributed by atoms with van der Waals surface area (Å²) in [4.78, 5) is 0.903. The van der Waals surface area contributed by atoms with Gasteiger partial charge in [0.05, 0.1) is 12.8 Å². The molecule has 0 fully saturated rings. The van der Waals surface area contributed by atoms with Gasteiger partial charge in [-0.05, 0) is 42.3 Å². The number of benzene rings is 2. The summed E-state index contributed by atoms with van der Waals surface area (Å²) >= 11 is 1.62. The summed E-state index contributed by atoms with van der Waals surface area (Å²) in [6.45, 7) is 0. The number of nitrogen functional groups attached to an aromatic ring is 1. The summed E-state index contributed by atoms with van der Waals surface area (Å²) in [5.41, 5.74) is 6.87. The van der Waals surface area contributed by atoms with Crippen molar-refractivity contribution in [3.8, 4) is 5.75 Å². The van der Waals surface area contributed by atoms with E-state index in [0.717, 1.165) is 22.8 Å². The van der Waals surface area contributed by atoms with E-state index in [2.05, 4.69) is 0 Å². The van der Waals surface area contributed by atoms with Crippen LogP contribution in [0.1, 0.15) is 5.56 Å². The van der Waals surface area contributed by atoms with Crippen LogP contribution in [0, 0.1) is 5.82 Å². The number of ether oxygens (including phenoxy) is 1. The zero-order valence-corrected chi connectivity index (χ0v) is 11.5. The fourth-order valence-electron chi connectivity index (χ4n) is 1.68. The van der Waals surface area contributed by atoms with Gasteiger partial charge in [0.2, 0.25) is 0 Å². The molecule has 0 aromatic heterocycles. The summed E-state index contributed by atoms with van der Waals surface area (Å²) in [6, 6.07) is 12.9. The molecule has 2 N–H and O–H groups in total. The highest BCUT2D eigenvalue weighted by atomic mass is 32.2. The molecule has 0 aliphatic carbocycles. The maximum absolute atomic E-state index is 13.3. The Bertz CT molecular complexity index is 542. The number of rotatable bonds is 5. The fourth-order valence-corrected chi connectivity index (χ4v) is 2.60. The second kappa shape index (κ2) is 6.48. The maximum Gasteiger partial charge on any atom is 0.147 e. The number of halogens is 1. The van der Waals surface area contributed by atoms with E-state index in [4.69, 9.17) is 10.5 Å². The Balaban J connectivity index is 1.86. The lowest BCUT2D eigenvalue weighted by molar-refractivity contribution is 0.414. The number of hydrogen-bond acceptors (Lipinski definition) is 3. The topological polar surface area (TPSA) is 35.2 Å². The Morgan fingerprint density at radius 1 is 1.16 bits per heavy atom. The van der Waals surface area contributed by atoms with Crippen LogP contribution in [-0.4, -0.2) is 12.9 Å². The van der Waals surface area contributed by atoms with Crippen molar-refractivity contribution in [1.29, 1.82) is 0 Å². The van der Waals surface area contributed by atoms with E-state index in [1.807, 2.05) is 30.3 Å². The number of methoxy groups -OCH3 is 1. The van der Waals surface area contributed by atoms with Crippen LogP contribution in [0.2, 0.25) is 0 Å². The van der Waals surface area contributed by atoms with Gasteiger partial charge >= 0.3 is 0 Å². The number of hydrogen-bond donors (Lipinski definition) is 1. The summed E-state index contributed by atoms with van der Waals surface area (Å²) in [5, 5.41) is 0. The quantitative estimate of drug-likeness (QED) is 0.667. The lowest BCUT2D eigenvalue weighted by Crippen LogP contribution is -1.92. The SMILES string of the molecule is COc1ccc(CCSc2ccc(N)c(F)c2)cc1. The van der Waals surface area contributed by atoms with Gasteiger partial charge in [0.1, 0.15) is 11.6 Å². The number of thioether (sulfide) groups is 1. The molecule has 0 aliphatic heterocycles. The largest absolute Gasteiger partial charge is 0.497 e. The van der Waals surface area contributed by atoms with Gasteiger partial charge in [0, 0.05) is 10.6 Å². The van der Waals surface area contributed by atoms with E-state index >= 15 is 0 Å². The molecule has 100 valence electrons. The minimum atomic E-state index is -0.352. The zero-order chi connectivity index (χ0) is 13.7. The number of anilines is 1. The van der Waals surface area contributed by atoms with E-state index in [9.17, 15) is 4.39 Å². The molecule has 2 aromatic rings. The normalized spacial score (nSPS) is 10.4. The average molecular weight is 277 g/mol. The minimum Gasteiger partial charge on any atom is -0.497 e. The molecule has 0 saturated heterocycles. The highest BCUT2D eigenvalue weighted by Crippen LogP contribution is 2.23. The predicted molar refractivity (Wildman–Crippen MR) is 78.2 cm³/mol. The molecule has 0 spiro atoms. The van der Waals surface area contributed by atoms with E-state index < -0.39 is 0 Å². The Morgan fingerprint density at radius 3 is 2.53 bits per heavy atom. The molecule has 0 bridgehead atoms. The van der Waals surface area contributed by atoms with E-state index in [-0.39, 0.29) is 11.5 Å². The van der Waals surface area contributed by atoms with Gasteiger partial charge in [-0.25, -0.2) is 4.39 Å². The molecular formula is C15H16FNOS. The van der Waals surface area contributed by atoms with Crippen molar-refractivity contribution < 1.29 is 9.13 Å². The van der Waals surface area contributed by atoms with Crippen molar-refractivity contribution in [2.24, 2.45) is 0 Å². The first kappa shape index (κ1) is 13.7. The van der Waals surface area contributed by atoms with Crippen LogP contribution in [0.15, 0.2) is 47.4 Å². The van der Waals surface area contributed by atoms with Gasteiger partial charge in [-0.2, -0.15) is 0 Å². The first-order valence-electron chi connectivity index (χ1n) is 6.00. The lowest BCUT2D eigenvalue weighted by Gasteiger charge is -2.05. The van der Waals surface area contributed by atoms with Crippen LogP contribution < -0.4 is 10.5 Å². The summed E-state index contributed by atoms with van der Waals surface area (Å²) in [7, 11) is 1.65. The van der Waals surface area contributed by atoms with Gasteiger partial charge in [-0.1, -0.05) is 12.1 Å². The molecule has 2 nitrogen and oxygen atoms in total. The van der Waals surface area contributed by atoms with Crippen molar-refractivity contribution in [1.82, 2.24) is 0 Å².